The van der Waals surface area contributed by atoms with E-state index in [1.807, 2.05) is 18.5 Å². The highest BCUT2D eigenvalue weighted by atomic mass is 16.4. The van der Waals surface area contributed by atoms with E-state index in [1.165, 1.54) is 0 Å². The van der Waals surface area contributed by atoms with Gasteiger partial charge in [-0.2, -0.15) is 5.10 Å². The van der Waals surface area contributed by atoms with Crippen molar-refractivity contribution in [3.05, 3.63) is 12.2 Å². The Morgan fingerprint density at radius 1 is 1.59 bits per heavy atom. The first-order valence-electron chi connectivity index (χ1n) is 5.93. The van der Waals surface area contributed by atoms with Gasteiger partial charge < -0.3 is 5.11 Å². The highest BCUT2D eigenvalue weighted by Crippen LogP contribution is 2.24. The number of hydrogen-bond donors (Lipinski definition) is 1. The Morgan fingerprint density at radius 3 is 2.94 bits per heavy atom. The Labute approximate surface area is 100 Å². The van der Waals surface area contributed by atoms with Gasteiger partial charge in [0.25, 0.3) is 0 Å². The number of nitrogens with zero attached hydrogens (tertiary/aromatic N) is 4. The van der Waals surface area contributed by atoms with Gasteiger partial charge in [-0.05, 0) is 12.8 Å². The summed E-state index contributed by atoms with van der Waals surface area (Å²) in [6.07, 6.45) is 1.55. The van der Waals surface area contributed by atoms with Crippen LogP contribution in [0.2, 0.25) is 0 Å². The van der Waals surface area contributed by atoms with Crippen molar-refractivity contribution in [3.8, 4) is 0 Å². The maximum absolute atomic E-state index is 11.0. The van der Waals surface area contributed by atoms with Gasteiger partial charge in [-0.3, -0.25) is 9.69 Å². The van der Waals surface area contributed by atoms with Crippen LogP contribution in [0.5, 0.6) is 0 Å². The summed E-state index contributed by atoms with van der Waals surface area (Å²) in [5, 5.41) is 13.2. The van der Waals surface area contributed by atoms with Gasteiger partial charge in [0.15, 0.2) is 0 Å². The number of aryl methyl sites for hydroxylation is 1. The summed E-state index contributed by atoms with van der Waals surface area (Å²) in [6, 6.07) is 0. The van der Waals surface area contributed by atoms with Gasteiger partial charge in [0.05, 0.1) is 12.5 Å². The molecule has 0 amide bonds. The van der Waals surface area contributed by atoms with Crippen molar-refractivity contribution in [1.29, 1.82) is 0 Å². The number of carboxylic acid groups (broad SMARTS) is 1. The molecule has 0 radical (unpaired) electrons. The molecule has 6 heteroatoms. The normalized spacial score (nSPS) is 25.3. The quantitative estimate of drug-likeness (QED) is 0.824. The lowest BCUT2D eigenvalue weighted by molar-refractivity contribution is -0.142. The van der Waals surface area contributed by atoms with Gasteiger partial charge in [-0.15, -0.1) is 0 Å². The lowest BCUT2D eigenvalue weighted by Gasteiger charge is -2.14. The van der Waals surface area contributed by atoms with Gasteiger partial charge >= 0.3 is 5.97 Å². The van der Waals surface area contributed by atoms with Crippen LogP contribution in [0.15, 0.2) is 6.33 Å². The van der Waals surface area contributed by atoms with E-state index in [-0.39, 0.29) is 11.8 Å². The van der Waals surface area contributed by atoms with E-state index in [1.54, 1.807) is 6.33 Å². The van der Waals surface area contributed by atoms with Crippen LogP contribution in [0.1, 0.15) is 19.7 Å². The van der Waals surface area contributed by atoms with Gasteiger partial charge in [0, 0.05) is 19.6 Å². The lowest BCUT2D eigenvalue weighted by Crippen LogP contribution is -2.24. The van der Waals surface area contributed by atoms with Crippen LogP contribution in [-0.4, -0.2) is 43.8 Å². The summed E-state index contributed by atoms with van der Waals surface area (Å²) < 4.78 is 1.85. The fraction of sp³-hybridized carbons (Fsp3) is 0.727. The van der Waals surface area contributed by atoms with Crippen molar-refractivity contribution in [2.75, 3.05) is 13.1 Å². The highest BCUT2D eigenvalue weighted by Gasteiger charge is 2.34. The van der Waals surface area contributed by atoms with E-state index < -0.39 is 5.97 Å². The van der Waals surface area contributed by atoms with Gasteiger partial charge in [-0.1, -0.05) is 6.92 Å². The largest absolute Gasteiger partial charge is 0.481 e. The second-order valence-corrected chi connectivity index (χ2v) is 4.61. The van der Waals surface area contributed by atoms with E-state index in [0.717, 1.165) is 18.9 Å². The second-order valence-electron chi connectivity index (χ2n) is 4.61. The molecular weight excluding hydrogens is 220 g/mol. The molecule has 2 heterocycles. The Bertz CT molecular complexity index is 404. The zero-order valence-corrected chi connectivity index (χ0v) is 10.2. The average Bonchev–Trinajstić information content (AvgIpc) is 2.85. The summed E-state index contributed by atoms with van der Waals surface area (Å²) in [6.45, 7) is 6.90. The molecule has 2 rings (SSSR count). The summed E-state index contributed by atoms with van der Waals surface area (Å²) in [7, 11) is 0. The van der Waals surface area contributed by atoms with Crippen molar-refractivity contribution in [3.63, 3.8) is 0 Å². The molecule has 94 valence electrons. The first-order chi connectivity index (χ1) is 8.11. The number of likely N-dealkylation sites (tertiary alicyclic amines) is 1. The third kappa shape index (κ3) is 2.46. The first kappa shape index (κ1) is 12.0. The number of rotatable bonds is 4. The maximum atomic E-state index is 11.0. The Balaban J connectivity index is 2.00. The molecular formula is C11H18N4O2. The lowest BCUT2D eigenvalue weighted by atomic mass is 9.99. The molecule has 0 spiro atoms. The number of carboxylic acids is 1. The minimum absolute atomic E-state index is 0.200. The van der Waals surface area contributed by atoms with Crippen molar-refractivity contribution in [2.24, 2.45) is 11.8 Å². The Kier molecular flexibility index (Phi) is 3.42. The zero-order chi connectivity index (χ0) is 12.4. The van der Waals surface area contributed by atoms with E-state index in [0.29, 0.717) is 13.1 Å². The van der Waals surface area contributed by atoms with Crippen LogP contribution < -0.4 is 0 Å². The highest BCUT2D eigenvalue weighted by molar-refractivity contribution is 5.71. The van der Waals surface area contributed by atoms with E-state index in [9.17, 15) is 4.79 Å². The van der Waals surface area contributed by atoms with Gasteiger partial charge in [-0.25, -0.2) is 9.67 Å². The maximum Gasteiger partial charge on any atom is 0.308 e. The molecule has 2 unspecified atom stereocenters. The SMILES string of the molecule is CCn1ncnc1CN1CC(C)C(C(=O)O)C1. The smallest absolute Gasteiger partial charge is 0.308 e. The predicted octanol–water partition coefficient (Wildman–Crippen LogP) is 0.450. The Morgan fingerprint density at radius 2 is 2.35 bits per heavy atom. The molecule has 1 N–H and O–H groups in total. The molecule has 0 bridgehead atoms. The van der Waals surface area contributed by atoms with Crippen molar-refractivity contribution in [1.82, 2.24) is 19.7 Å². The summed E-state index contributed by atoms with van der Waals surface area (Å²) in [4.78, 5) is 17.4. The Hall–Kier alpha value is -1.43. The van der Waals surface area contributed by atoms with Crippen LogP contribution in [0, 0.1) is 11.8 Å². The minimum Gasteiger partial charge on any atom is -0.481 e. The third-order valence-corrected chi connectivity index (χ3v) is 3.37. The molecule has 1 aliphatic rings. The van der Waals surface area contributed by atoms with E-state index in [4.69, 9.17) is 5.11 Å². The number of aliphatic carboxylic acids is 1. The molecule has 1 aromatic heterocycles. The number of hydrogen-bond acceptors (Lipinski definition) is 4. The third-order valence-electron chi connectivity index (χ3n) is 3.37. The topological polar surface area (TPSA) is 71.2 Å². The molecule has 1 saturated heterocycles. The predicted molar refractivity (Wildman–Crippen MR) is 61.3 cm³/mol. The summed E-state index contributed by atoms with van der Waals surface area (Å²) in [5.41, 5.74) is 0. The van der Waals surface area contributed by atoms with E-state index >= 15 is 0 Å². The summed E-state index contributed by atoms with van der Waals surface area (Å²) >= 11 is 0. The molecule has 1 aliphatic heterocycles. The molecule has 0 aromatic carbocycles. The van der Waals surface area contributed by atoms with Crippen molar-refractivity contribution < 1.29 is 9.90 Å². The molecule has 1 fully saturated rings. The fourth-order valence-electron chi connectivity index (χ4n) is 2.39. The van der Waals surface area contributed by atoms with Gasteiger partial charge in [0.1, 0.15) is 12.2 Å². The van der Waals surface area contributed by atoms with E-state index in [2.05, 4.69) is 15.0 Å². The molecule has 0 saturated carbocycles. The molecule has 17 heavy (non-hydrogen) atoms. The monoisotopic (exact) mass is 238 g/mol. The van der Waals surface area contributed by atoms with Crippen molar-refractivity contribution in [2.45, 2.75) is 26.9 Å². The standard InChI is InChI=1S/C11H18N4O2/c1-3-15-10(12-7-13-15)6-14-4-8(2)9(5-14)11(16)17/h7-9H,3-6H2,1-2H3,(H,16,17). The average molecular weight is 238 g/mol. The van der Waals surface area contributed by atoms with Crippen LogP contribution >= 0.6 is 0 Å². The number of aromatic nitrogens is 3. The van der Waals surface area contributed by atoms with Crippen molar-refractivity contribution >= 4 is 5.97 Å². The van der Waals surface area contributed by atoms with Crippen LogP contribution in [0.3, 0.4) is 0 Å². The molecule has 1 aromatic rings. The van der Waals surface area contributed by atoms with Crippen LogP contribution in [-0.2, 0) is 17.9 Å². The minimum atomic E-state index is -0.697. The van der Waals surface area contributed by atoms with Crippen LogP contribution in [0.4, 0.5) is 0 Å². The first-order valence-corrected chi connectivity index (χ1v) is 5.93. The molecule has 2 atom stereocenters. The molecule has 0 aliphatic carbocycles. The second kappa shape index (κ2) is 4.83. The van der Waals surface area contributed by atoms with Gasteiger partial charge in [0.2, 0.25) is 0 Å². The fourth-order valence-corrected chi connectivity index (χ4v) is 2.39. The zero-order valence-electron chi connectivity index (χ0n) is 10.2. The van der Waals surface area contributed by atoms with Crippen LogP contribution in [0.25, 0.3) is 0 Å². The summed E-state index contributed by atoms with van der Waals surface area (Å²) in [5.74, 6) is 0.154. The number of carbonyl (C=O) groups is 1. The molecule has 6 nitrogen and oxygen atoms in total.